The normalized spacial score (nSPS) is 22.6. The number of carbonyl (C=O) groups is 1. The van der Waals surface area contributed by atoms with Crippen molar-refractivity contribution in [3.05, 3.63) is 35.3 Å². The molecule has 7 heteroatoms. The summed E-state index contributed by atoms with van der Waals surface area (Å²) in [7, 11) is 0. The van der Waals surface area contributed by atoms with E-state index in [0.717, 1.165) is 24.2 Å². The summed E-state index contributed by atoms with van der Waals surface area (Å²) < 4.78 is 5.31. The largest absolute Gasteiger partial charge is 0.469 e. The fourth-order valence-corrected chi connectivity index (χ4v) is 3.39. The number of hydrogen-bond acceptors (Lipinski definition) is 6. The van der Waals surface area contributed by atoms with Crippen LogP contribution in [0.15, 0.2) is 17.0 Å². The molecule has 0 aromatic carbocycles. The lowest BCUT2D eigenvalue weighted by atomic mass is 9.74. The molecule has 1 aliphatic carbocycles. The molecule has 0 bridgehead atoms. The van der Waals surface area contributed by atoms with Gasteiger partial charge < -0.3 is 15.1 Å². The molecular formula is C19H27N5O2. The number of aryl methyl sites for hydroxylation is 2. The summed E-state index contributed by atoms with van der Waals surface area (Å²) in [4.78, 5) is 25.5. The van der Waals surface area contributed by atoms with E-state index in [1.165, 1.54) is 0 Å². The lowest BCUT2D eigenvalue weighted by Gasteiger charge is -2.45. The van der Waals surface area contributed by atoms with Gasteiger partial charge in [0.25, 0.3) is 5.91 Å². The Morgan fingerprint density at radius 3 is 2.54 bits per heavy atom. The van der Waals surface area contributed by atoms with Gasteiger partial charge in [-0.2, -0.15) is 4.98 Å². The first-order valence-electron chi connectivity index (χ1n) is 8.91. The first kappa shape index (κ1) is 18.4. The molecule has 0 saturated heterocycles. The standard InChI is InChI=1S/C19H27N5O2/c1-11-9-26-12(2)14(11)15(25)22-13-7-19(6,8-13)24-17-21-10-20-16(23-17)18(3,4)5/h9-10,13H,7-8H2,1-6H3,(H,22,25)(H,20,21,23,24). The molecule has 2 N–H and O–H groups in total. The minimum atomic E-state index is -0.144. The monoisotopic (exact) mass is 357 g/mol. The van der Waals surface area contributed by atoms with Crippen LogP contribution in [-0.2, 0) is 5.41 Å². The summed E-state index contributed by atoms with van der Waals surface area (Å²) in [5, 5.41) is 6.48. The topological polar surface area (TPSA) is 92.9 Å². The Balaban J connectivity index is 1.59. The second-order valence-electron chi connectivity index (χ2n) is 8.50. The average molecular weight is 357 g/mol. The second kappa shape index (κ2) is 6.37. The predicted molar refractivity (Wildman–Crippen MR) is 99.2 cm³/mol. The van der Waals surface area contributed by atoms with E-state index in [4.69, 9.17) is 4.42 Å². The van der Waals surface area contributed by atoms with Crippen LogP contribution in [0.1, 0.15) is 68.0 Å². The van der Waals surface area contributed by atoms with Crippen molar-refractivity contribution >= 4 is 11.9 Å². The Hall–Kier alpha value is -2.44. The molecule has 26 heavy (non-hydrogen) atoms. The minimum absolute atomic E-state index is 0.0732. The van der Waals surface area contributed by atoms with E-state index in [0.29, 0.717) is 17.3 Å². The smallest absolute Gasteiger partial charge is 0.255 e. The van der Waals surface area contributed by atoms with Crippen LogP contribution in [0.25, 0.3) is 0 Å². The summed E-state index contributed by atoms with van der Waals surface area (Å²) in [6, 6.07) is 0.123. The highest BCUT2D eigenvalue weighted by Crippen LogP contribution is 2.35. The lowest BCUT2D eigenvalue weighted by Crippen LogP contribution is -2.57. The maximum Gasteiger partial charge on any atom is 0.255 e. The lowest BCUT2D eigenvalue weighted by molar-refractivity contribution is 0.0887. The summed E-state index contributed by atoms with van der Waals surface area (Å²) in [5.41, 5.74) is 1.23. The molecule has 0 spiro atoms. The second-order valence-corrected chi connectivity index (χ2v) is 8.50. The number of hydrogen-bond donors (Lipinski definition) is 2. The Kier molecular flexibility index (Phi) is 4.50. The SMILES string of the molecule is Cc1coc(C)c1C(=O)NC1CC(C)(Nc2ncnc(C(C)(C)C)n2)C1. The quantitative estimate of drug-likeness (QED) is 0.873. The molecule has 2 aromatic heterocycles. The zero-order valence-electron chi connectivity index (χ0n) is 16.3. The molecule has 0 aliphatic heterocycles. The van der Waals surface area contributed by atoms with Gasteiger partial charge >= 0.3 is 0 Å². The molecule has 0 radical (unpaired) electrons. The van der Waals surface area contributed by atoms with Crippen LogP contribution in [0, 0.1) is 13.8 Å². The maximum absolute atomic E-state index is 12.5. The van der Waals surface area contributed by atoms with Crippen molar-refractivity contribution < 1.29 is 9.21 Å². The van der Waals surface area contributed by atoms with Crippen LogP contribution in [0.2, 0.25) is 0 Å². The molecule has 140 valence electrons. The van der Waals surface area contributed by atoms with Gasteiger partial charge in [-0.25, -0.2) is 9.97 Å². The number of carbonyl (C=O) groups excluding carboxylic acids is 1. The predicted octanol–water partition coefficient (Wildman–Crippen LogP) is 3.14. The maximum atomic E-state index is 12.5. The molecular weight excluding hydrogens is 330 g/mol. The molecule has 2 heterocycles. The summed E-state index contributed by atoms with van der Waals surface area (Å²) >= 11 is 0. The molecule has 1 saturated carbocycles. The van der Waals surface area contributed by atoms with Crippen molar-refractivity contribution in [2.45, 2.75) is 71.4 Å². The van der Waals surface area contributed by atoms with Gasteiger partial charge in [-0.1, -0.05) is 20.8 Å². The Morgan fingerprint density at radius 1 is 1.27 bits per heavy atom. The molecule has 0 unspecified atom stereocenters. The zero-order valence-corrected chi connectivity index (χ0v) is 16.3. The van der Waals surface area contributed by atoms with Crippen LogP contribution < -0.4 is 10.6 Å². The number of rotatable bonds is 4. The first-order chi connectivity index (χ1) is 12.1. The molecule has 1 aliphatic rings. The Labute approximate surface area is 154 Å². The van der Waals surface area contributed by atoms with Crippen molar-refractivity contribution in [3.63, 3.8) is 0 Å². The van der Waals surface area contributed by atoms with E-state index in [1.54, 1.807) is 12.6 Å². The van der Waals surface area contributed by atoms with Gasteiger partial charge in [0.15, 0.2) is 0 Å². The zero-order chi connectivity index (χ0) is 19.1. The van der Waals surface area contributed by atoms with Crippen molar-refractivity contribution in [2.75, 3.05) is 5.32 Å². The number of aromatic nitrogens is 3. The molecule has 2 aromatic rings. The third-order valence-corrected chi connectivity index (χ3v) is 4.77. The third kappa shape index (κ3) is 3.71. The Bertz CT molecular complexity index is 796. The van der Waals surface area contributed by atoms with Crippen molar-refractivity contribution in [1.29, 1.82) is 0 Å². The van der Waals surface area contributed by atoms with Crippen LogP contribution in [0.5, 0.6) is 0 Å². The van der Waals surface area contributed by atoms with Crippen LogP contribution in [-0.4, -0.2) is 32.4 Å². The Morgan fingerprint density at radius 2 is 1.96 bits per heavy atom. The molecule has 1 amide bonds. The molecule has 0 atom stereocenters. The van der Waals surface area contributed by atoms with Crippen LogP contribution in [0.3, 0.4) is 0 Å². The van der Waals surface area contributed by atoms with Crippen molar-refractivity contribution in [1.82, 2.24) is 20.3 Å². The molecule has 7 nitrogen and oxygen atoms in total. The van der Waals surface area contributed by atoms with Gasteiger partial charge in [0.1, 0.15) is 17.9 Å². The van der Waals surface area contributed by atoms with Gasteiger partial charge in [0.2, 0.25) is 5.95 Å². The highest BCUT2D eigenvalue weighted by Gasteiger charge is 2.42. The van der Waals surface area contributed by atoms with Crippen LogP contribution in [0.4, 0.5) is 5.95 Å². The van der Waals surface area contributed by atoms with E-state index in [1.807, 2.05) is 13.8 Å². The first-order valence-corrected chi connectivity index (χ1v) is 8.91. The fraction of sp³-hybridized carbons (Fsp3) is 0.579. The number of nitrogens with zero attached hydrogens (tertiary/aromatic N) is 3. The fourth-order valence-electron chi connectivity index (χ4n) is 3.39. The highest BCUT2D eigenvalue weighted by atomic mass is 16.3. The summed E-state index contributed by atoms with van der Waals surface area (Å²) in [6.45, 7) is 12.0. The van der Waals surface area contributed by atoms with E-state index in [-0.39, 0.29) is 22.9 Å². The third-order valence-electron chi connectivity index (χ3n) is 4.77. The number of anilines is 1. The molecule has 1 fully saturated rings. The van der Waals surface area contributed by atoms with Gasteiger partial charge in [0.05, 0.1) is 11.8 Å². The van der Waals surface area contributed by atoms with E-state index >= 15 is 0 Å². The average Bonchev–Trinajstić information content (AvgIpc) is 2.84. The summed E-state index contributed by atoms with van der Waals surface area (Å²) in [5.74, 6) is 1.92. The number of amides is 1. The van der Waals surface area contributed by atoms with Crippen LogP contribution >= 0.6 is 0 Å². The highest BCUT2D eigenvalue weighted by molar-refractivity contribution is 5.96. The number of furan rings is 1. The minimum Gasteiger partial charge on any atom is -0.469 e. The van der Waals surface area contributed by atoms with Gasteiger partial charge in [-0.3, -0.25) is 4.79 Å². The summed E-state index contributed by atoms with van der Waals surface area (Å²) in [6.07, 6.45) is 4.78. The van der Waals surface area contributed by atoms with Gasteiger partial charge in [-0.05, 0) is 33.6 Å². The van der Waals surface area contributed by atoms with E-state index < -0.39 is 0 Å². The molecule has 3 rings (SSSR count). The van der Waals surface area contributed by atoms with Gasteiger partial charge in [-0.15, -0.1) is 0 Å². The van der Waals surface area contributed by atoms with E-state index in [9.17, 15) is 4.79 Å². The number of nitrogens with one attached hydrogen (secondary N) is 2. The van der Waals surface area contributed by atoms with Gasteiger partial charge in [0, 0.05) is 22.6 Å². The van der Waals surface area contributed by atoms with Crippen molar-refractivity contribution in [3.8, 4) is 0 Å². The van der Waals surface area contributed by atoms with Crippen molar-refractivity contribution in [2.24, 2.45) is 0 Å². The van der Waals surface area contributed by atoms with E-state index in [2.05, 4.69) is 53.3 Å².